The van der Waals surface area contributed by atoms with E-state index in [2.05, 4.69) is 21.8 Å². The Morgan fingerprint density at radius 2 is 2.00 bits per heavy atom. The van der Waals surface area contributed by atoms with Crippen molar-refractivity contribution in [3.63, 3.8) is 0 Å². The highest BCUT2D eigenvalue weighted by Crippen LogP contribution is 2.27. The second kappa shape index (κ2) is 7.25. The molecule has 6 nitrogen and oxygen atoms in total. The summed E-state index contributed by atoms with van der Waals surface area (Å²) in [7, 11) is 0. The maximum atomic E-state index is 12.4. The van der Waals surface area contributed by atoms with Crippen molar-refractivity contribution < 1.29 is 9.53 Å². The molecule has 3 rings (SSSR count). The summed E-state index contributed by atoms with van der Waals surface area (Å²) in [5.41, 5.74) is 2.24. The van der Waals surface area contributed by atoms with Crippen molar-refractivity contribution in [2.75, 3.05) is 37.7 Å². The monoisotopic (exact) mass is 318 g/mol. The van der Waals surface area contributed by atoms with E-state index in [1.807, 2.05) is 11.8 Å². The van der Waals surface area contributed by atoms with Gasteiger partial charge in [0, 0.05) is 38.0 Å². The number of aryl methyl sites for hydroxylation is 1. The minimum Gasteiger partial charge on any atom is -0.378 e. The molecule has 0 atom stereocenters. The third-order valence-corrected chi connectivity index (χ3v) is 4.56. The molecular formula is C17H26N4O2. The van der Waals surface area contributed by atoms with Crippen molar-refractivity contribution in [3.8, 4) is 0 Å². The third kappa shape index (κ3) is 3.63. The zero-order valence-electron chi connectivity index (χ0n) is 14.2. The van der Waals surface area contributed by atoms with Crippen molar-refractivity contribution >= 4 is 11.7 Å². The van der Waals surface area contributed by atoms with E-state index in [-0.39, 0.29) is 5.91 Å². The lowest BCUT2D eigenvalue weighted by Crippen LogP contribution is -2.41. The Kier molecular flexibility index (Phi) is 5.10. The number of aromatic nitrogens is 2. The lowest BCUT2D eigenvalue weighted by atomic mass is 10.0. The first-order valence-corrected chi connectivity index (χ1v) is 8.66. The topological polar surface area (TPSA) is 58.6 Å². The van der Waals surface area contributed by atoms with Crippen LogP contribution in [0.15, 0.2) is 0 Å². The van der Waals surface area contributed by atoms with E-state index in [4.69, 9.17) is 4.74 Å². The number of carbonyl (C=O) groups excluding carboxylic acids is 1. The highest BCUT2D eigenvalue weighted by atomic mass is 16.5. The average Bonchev–Trinajstić information content (AvgIpc) is 2.59. The van der Waals surface area contributed by atoms with Crippen LogP contribution in [-0.4, -0.2) is 53.6 Å². The van der Waals surface area contributed by atoms with Crippen molar-refractivity contribution in [2.24, 2.45) is 0 Å². The molecule has 1 amide bonds. The van der Waals surface area contributed by atoms with Crippen LogP contribution in [-0.2, 0) is 22.5 Å². The third-order valence-electron chi connectivity index (χ3n) is 4.56. The summed E-state index contributed by atoms with van der Waals surface area (Å²) < 4.78 is 5.45. The number of morpholine rings is 1. The molecule has 0 aromatic carbocycles. The van der Waals surface area contributed by atoms with Gasteiger partial charge in [0.25, 0.3) is 0 Å². The van der Waals surface area contributed by atoms with Crippen LogP contribution in [0.4, 0.5) is 5.82 Å². The van der Waals surface area contributed by atoms with Crippen LogP contribution in [0.1, 0.15) is 43.3 Å². The normalized spacial score (nSPS) is 18.0. The Morgan fingerprint density at radius 1 is 1.22 bits per heavy atom. The zero-order chi connectivity index (χ0) is 16.2. The van der Waals surface area contributed by atoms with Gasteiger partial charge in [-0.1, -0.05) is 13.3 Å². The second-order valence-electron chi connectivity index (χ2n) is 6.29. The quantitative estimate of drug-likeness (QED) is 0.845. The molecule has 0 unspecified atom stereocenters. The van der Waals surface area contributed by atoms with Gasteiger partial charge in [0.1, 0.15) is 11.6 Å². The first-order chi connectivity index (χ1) is 11.2. The molecule has 1 aromatic heterocycles. The van der Waals surface area contributed by atoms with Gasteiger partial charge in [-0.3, -0.25) is 4.79 Å². The van der Waals surface area contributed by atoms with Crippen LogP contribution in [0.5, 0.6) is 0 Å². The van der Waals surface area contributed by atoms with Gasteiger partial charge in [-0.2, -0.15) is 0 Å². The van der Waals surface area contributed by atoms with Crippen molar-refractivity contribution in [3.05, 3.63) is 17.1 Å². The predicted molar refractivity (Wildman–Crippen MR) is 88.4 cm³/mol. The van der Waals surface area contributed by atoms with Crippen LogP contribution in [0.2, 0.25) is 0 Å². The molecule has 2 aliphatic rings. The number of ether oxygens (including phenoxy) is 1. The number of anilines is 1. The summed E-state index contributed by atoms with van der Waals surface area (Å²) in [4.78, 5) is 25.9. The van der Waals surface area contributed by atoms with Crippen LogP contribution in [0.3, 0.4) is 0 Å². The maximum absolute atomic E-state index is 12.4. The lowest BCUT2D eigenvalue weighted by molar-refractivity contribution is -0.132. The summed E-state index contributed by atoms with van der Waals surface area (Å²) >= 11 is 0. The van der Waals surface area contributed by atoms with E-state index in [9.17, 15) is 4.79 Å². The van der Waals surface area contributed by atoms with Crippen molar-refractivity contribution in [1.29, 1.82) is 0 Å². The van der Waals surface area contributed by atoms with E-state index in [1.165, 1.54) is 0 Å². The van der Waals surface area contributed by atoms with Gasteiger partial charge in [-0.25, -0.2) is 9.97 Å². The van der Waals surface area contributed by atoms with Gasteiger partial charge in [-0.15, -0.1) is 0 Å². The van der Waals surface area contributed by atoms with Crippen molar-refractivity contribution in [1.82, 2.24) is 14.9 Å². The minimum atomic E-state index is 0.256. The average molecular weight is 318 g/mol. The van der Waals surface area contributed by atoms with Gasteiger partial charge >= 0.3 is 0 Å². The van der Waals surface area contributed by atoms with Gasteiger partial charge in [0.2, 0.25) is 5.91 Å². The Labute approximate surface area is 137 Å². The summed E-state index contributed by atoms with van der Waals surface area (Å²) in [6.45, 7) is 8.65. The molecule has 3 heterocycles. The predicted octanol–water partition coefficient (Wildman–Crippen LogP) is 1.70. The first-order valence-electron chi connectivity index (χ1n) is 8.66. The SMILES string of the molecule is CCCCC(=O)N1CCc2nc(C)nc(N3CCOCC3)c2C1. The molecule has 0 bridgehead atoms. The lowest BCUT2D eigenvalue weighted by Gasteiger charge is -2.34. The molecule has 1 fully saturated rings. The highest BCUT2D eigenvalue weighted by Gasteiger charge is 2.27. The number of hydrogen-bond donors (Lipinski definition) is 0. The van der Waals surface area contributed by atoms with E-state index in [1.54, 1.807) is 0 Å². The fraction of sp³-hybridized carbons (Fsp3) is 0.706. The maximum Gasteiger partial charge on any atom is 0.222 e. The molecule has 6 heteroatoms. The zero-order valence-corrected chi connectivity index (χ0v) is 14.2. The van der Waals surface area contributed by atoms with E-state index in [0.717, 1.165) is 75.0 Å². The van der Waals surface area contributed by atoms with E-state index in [0.29, 0.717) is 13.0 Å². The number of unbranched alkanes of at least 4 members (excludes halogenated alkanes) is 1. The van der Waals surface area contributed by atoms with Crippen LogP contribution >= 0.6 is 0 Å². The smallest absolute Gasteiger partial charge is 0.222 e. The summed E-state index contributed by atoms with van der Waals surface area (Å²) in [6, 6.07) is 0. The molecular weight excluding hydrogens is 292 g/mol. The highest BCUT2D eigenvalue weighted by molar-refractivity contribution is 5.76. The first kappa shape index (κ1) is 16.2. The Bertz CT molecular complexity index is 570. The van der Waals surface area contributed by atoms with Crippen LogP contribution < -0.4 is 4.90 Å². The molecule has 1 aromatic rings. The number of fused-ring (bicyclic) bond motifs is 1. The summed E-state index contributed by atoms with van der Waals surface area (Å²) in [6.07, 6.45) is 3.49. The molecule has 0 saturated carbocycles. The van der Waals surface area contributed by atoms with Gasteiger partial charge in [0.05, 0.1) is 25.5 Å². The minimum absolute atomic E-state index is 0.256. The molecule has 1 saturated heterocycles. The molecule has 0 spiro atoms. The van der Waals surface area contributed by atoms with Crippen LogP contribution in [0.25, 0.3) is 0 Å². The second-order valence-corrected chi connectivity index (χ2v) is 6.29. The molecule has 2 aliphatic heterocycles. The van der Waals surface area contributed by atoms with Gasteiger partial charge in [-0.05, 0) is 13.3 Å². The Hall–Kier alpha value is -1.69. The summed E-state index contributed by atoms with van der Waals surface area (Å²) in [5.74, 6) is 2.07. The number of carbonyl (C=O) groups is 1. The van der Waals surface area contributed by atoms with Gasteiger partial charge < -0.3 is 14.5 Å². The molecule has 23 heavy (non-hydrogen) atoms. The van der Waals surface area contributed by atoms with E-state index < -0.39 is 0 Å². The largest absolute Gasteiger partial charge is 0.378 e. The molecule has 126 valence electrons. The molecule has 0 N–H and O–H groups in total. The van der Waals surface area contributed by atoms with Gasteiger partial charge in [0.15, 0.2) is 0 Å². The number of hydrogen-bond acceptors (Lipinski definition) is 5. The summed E-state index contributed by atoms with van der Waals surface area (Å²) in [5, 5.41) is 0. The van der Waals surface area contributed by atoms with Crippen LogP contribution in [0, 0.1) is 6.92 Å². The fourth-order valence-corrected chi connectivity index (χ4v) is 3.25. The Balaban J connectivity index is 1.83. The van der Waals surface area contributed by atoms with Crippen molar-refractivity contribution in [2.45, 2.75) is 46.1 Å². The molecule has 0 aliphatic carbocycles. The van der Waals surface area contributed by atoms with E-state index >= 15 is 0 Å². The number of amides is 1. The molecule has 0 radical (unpaired) electrons. The number of nitrogens with zero attached hydrogens (tertiary/aromatic N) is 4. The fourth-order valence-electron chi connectivity index (χ4n) is 3.25. The number of rotatable bonds is 4. The Morgan fingerprint density at radius 3 is 2.74 bits per heavy atom. The standard InChI is InChI=1S/C17H26N4O2/c1-3-4-5-16(22)21-7-6-15-14(12-21)17(19-13(2)18-15)20-8-10-23-11-9-20/h3-12H2,1-2H3.